The number of hydrogen-bond donors (Lipinski definition) is 5. The summed E-state index contributed by atoms with van der Waals surface area (Å²) in [5, 5.41) is 19.1. The van der Waals surface area contributed by atoms with Crippen molar-refractivity contribution in [3.05, 3.63) is 22.1 Å². The van der Waals surface area contributed by atoms with E-state index in [1.54, 1.807) is 6.07 Å². The Labute approximate surface area is 107 Å². The molecule has 1 fully saturated rings. The van der Waals surface area contributed by atoms with Crippen LogP contribution in [0, 0.1) is 0 Å². The summed E-state index contributed by atoms with van der Waals surface area (Å²) >= 11 is 0. The summed E-state index contributed by atoms with van der Waals surface area (Å²) in [6.07, 6.45) is -1.38. The Morgan fingerprint density at radius 2 is 2.32 bits per heavy atom. The van der Waals surface area contributed by atoms with Gasteiger partial charge in [-0.05, 0) is 6.07 Å². The molecule has 0 spiro atoms. The first-order valence-corrected chi connectivity index (χ1v) is 5.91. The Morgan fingerprint density at radius 1 is 1.53 bits per heavy atom. The molecule has 2 aromatic rings. The lowest BCUT2D eigenvalue weighted by Gasteiger charge is -2.10. The number of nitrogens with one attached hydrogen (secondary N) is 2. The van der Waals surface area contributed by atoms with Crippen molar-refractivity contribution in [3.8, 4) is 0 Å². The van der Waals surface area contributed by atoms with Gasteiger partial charge >= 0.3 is 0 Å². The summed E-state index contributed by atoms with van der Waals surface area (Å²) in [4.78, 5) is 21.0. The van der Waals surface area contributed by atoms with Crippen LogP contribution >= 0.6 is 0 Å². The highest BCUT2D eigenvalue weighted by atomic mass is 16.5. The molecular weight excluding hydrogens is 252 g/mol. The van der Waals surface area contributed by atoms with Crippen LogP contribution in [-0.4, -0.2) is 44.0 Å². The molecule has 3 atom stereocenters. The maximum absolute atomic E-state index is 11.7. The van der Waals surface area contributed by atoms with Gasteiger partial charge < -0.3 is 25.7 Å². The molecule has 3 unspecified atom stereocenters. The highest BCUT2D eigenvalue weighted by Gasteiger charge is 2.35. The number of aromatic amines is 2. The summed E-state index contributed by atoms with van der Waals surface area (Å²) in [6, 6.07) is 1.62. The van der Waals surface area contributed by atoms with Crippen LogP contribution in [0.3, 0.4) is 0 Å². The number of fused-ring (bicyclic) bond motifs is 1. The minimum atomic E-state index is -0.724. The summed E-state index contributed by atoms with van der Waals surface area (Å²) < 4.78 is 5.51. The number of hydrogen-bond acceptors (Lipinski definition) is 6. The normalized spacial score (nSPS) is 27.2. The number of aliphatic hydroxyl groups excluding tert-OH is 2. The third-order valence-electron chi connectivity index (χ3n) is 3.29. The van der Waals surface area contributed by atoms with Gasteiger partial charge in [-0.15, -0.1) is 0 Å². The Morgan fingerprint density at radius 3 is 3.00 bits per heavy atom. The Bertz CT molecular complexity index is 664. The largest absolute Gasteiger partial charge is 0.394 e. The molecule has 8 heteroatoms. The predicted molar refractivity (Wildman–Crippen MR) is 66.5 cm³/mol. The zero-order valence-electron chi connectivity index (χ0n) is 9.96. The molecule has 0 saturated carbocycles. The van der Waals surface area contributed by atoms with Crippen LogP contribution in [0.1, 0.15) is 18.2 Å². The molecule has 0 amide bonds. The zero-order chi connectivity index (χ0) is 13.6. The van der Waals surface area contributed by atoms with E-state index in [0.717, 1.165) is 0 Å². The number of nitrogen functional groups attached to an aromatic ring is 1. The maximum Gasteiger partial charge on any atom is 0.261 e. The molecule has 3 rings (SSSR count). The molecule has 19 heavy (non-hydrogen) atoms. The number of aromatic nitrogens is 3. The van der Waals surface area contributed by atoms with Crippen molar-refractivity contribution in [1.29, 1.82) is 0 Å². The summed E-state index contributed by atoms with van der Waals surface area (Å²) in [5.41, 5.74) is 6.14. The average Bonchev–Trinajstić information content (AvgIpc) is 2.92. The van der Waals surface area contributed by atoms with Gasteiger partial charge in [-0.3, -0.25) is 9.78 Å². The molecule has 0 radical (unpaired) electrons. The van der Waals surface area contributed by atoms with Crippen molar-refractivity contribution in [2.75, 3.05) is 12.3 Å². The standard InChI is InChI=1S/C11H14N4O4/c12-11-14-9-4(10(18)15-11)1-5(13-9)7-2-6(17)8(3-16)19-7/h1,6-8,16-17H,2-3H2,(H4,12,13,14,15,18). The van der Waals surface area contributed by atoms with Gasteiger partial charge in [0.05, 0.1) is 18.1 Å². The molecule has 6 N–H and O–H groups in total. The van der Waals surface area contributed by atoms with Gasteiger partial charge in [0.1, 0.15) is 17.9 Å². The van der Waals surface area contributed by atoms with Gasteiger partial charge in [0.25, 0.3) is 5.56 Å². The van der Waals surface area contributed by atoms with Crippen molar-refractivity contribution in [2.45, 2.75) is 24.7 Å². The molecular formula is C11H14N4O4. The molecule has 3 heterocycles. The van der Waals surface area contributed by atoms with Crippen LogP contribution in [-0.2, 0) is 4.74 Å². The first kappa shape index (κ1) is 12.2. The molecule has 1 saturated heterocycles. The minimum Gasteiger partial charge on any atom is -0.394 e. The van der Waals surface area contributed by atoms with E-state index in [1.807, 2.05) is 0 Å². The molecule has 0 aliphatic carbocycles. The van der Waals surface area contributed by atoms with Crippen LogP contribution in [0.2, 0.25) is 0 Å². The van der Waals surface area contributed by atoms with E-state index in [-0.39, 0.29) is 18.1 Å². The Balaban J connectivity index is 1.99. The molecule has 1 aliphatic rings. The quantitative estimate of drug-likeness (QED) is 0.473. The Hall–Kier alpha value is -1.90. The van der Waals surface area contributed by atoms with Gasteiger partial charge in [0.15, 0.2) is 0 Å². The highest BCUT2D eigenvalue weighted by Crippen LogP contribution is 2.33. The number of H-pyrrole nitrogens is 2. The van der Waals surface area contributed by atoms with E-state index in [9.17, 15) is 9.90 Å². The van der Waals surface area contributed by atoms with Crippen molar-refractivity contribution in [2.24, 2.45) is 0 Å². The number of nitrogens with zero attached hydrogens (tertiary/aromatic N) is 1. The topological polar surface area (TPSA) is 137 Å². The fourth-order valence-corrected chi connectivity index (χ4v) is 2.32. The molecule has 0 bridgehead atoms. The summed E-state index contributed by atoms with van der Waals surface area (Å²) in [7, 11) is 0. The van der Waals surface area contributed by atoms with Crippen LogP contribution in [0.15, 0.2) is 10.9 Å². The smallest absolute Gasteiger partial charge is 0.261 e. The lowest BCUT2D eigenvalue weighted by Crippen LogP contribution is -2.24. The zero-order valence-corrected chi connectivity index (χ0v) is 9.96. The first-order chi connectivity index (χ1) is 9.08. The van der Waals surface area contributed by atoms with Crippen molar-refractivity contribution in [3.63, 3.8) is 0 Å². The SMILES string of the molecule is Nc1nc2[nH]c(C3CC(O)C(CO)O3)cc2c(=O)[nH]1. The summed E-state index contributed by atoms with van der Waals surface area (Å²) in [6.45, 7) is -0.246. The second-order valence-corrected chi connectivity index (χ2v) is 4.59. The third kappa shape index (κ3) is 1.99. The van der Waals surface area contributed by atoms with Gasteiger partial charge in [0.2, 0.25) is 5.95 Å². The predicted octanol–water partition coefficient (Wildman–Crippen LogP) is -0.983. The minimum absolute atomic E-state index is 0.0338. The average molecular weight is 266 g/mol. The van der Waals surface area contributed by atoms with E-state index in [0.29, 0.717) is 23.1 Å². The van der Waals surface area contributed by atoms with Crippen LogP contribution < -0.4 is 11.3 Å². The molecule has 102 valence electrons. The second kappa shape index (κ2) is 4.34. The second-order valence-electron chi connectivity index (χ2n) is 4.59. The molecule has 8 nitrogen and oxygen atoms in total. The Kier molecular flexibility index (Phi) is 2.77. The van der Waals surface area contributed by atoms with Crippen molar-refractivity contribution < 1.29 is 14.9 Å². The van der Waals surface area contributed by atoms with Gasteiger partial charge in [-0.25, -0.2) is 0 Å². The van der Waals surface area contributed by atoms with Crippen LogP contribution in [0.4, 0.5) is 5.95 Å². The number of aliphatic hydroxyl groups is 2. The first-order valence-electron chi connectivity index (χ1n) is 5.91. The third-order valence-corrected chi connectivity index (χ3v) is 3.29. The molecule has 1 aliphatic heterocycles. The van der Waals surface area contributed by atoms with Gasteiger partial charge in [-0.2, -0.15) is 4.98 Å². The number of rotatable bonds is 2. The van der Waals surface area contributed by atoms with E-state index in [2.05, 4.69) is 15.0 Å². The van der Waals surface area contributed by atoms with Crippen molar-refractivity contribution in [1.82, 2.24) is 15.0 Å². The fraction of sp³-hybridized carbons (Fsp3) is 0.455. The monoisotopic (exact) mass is 266 g/mol. The van der Waals surface area contributed by atoms with E-state index in [4.69, 9.17) is 15.6 Å². The fourth-order valence-electron chi connectivity index (χ4n) is 2.32. The van der Waals surface area contributed by atoms with Gasteiger partial charge in [-0.1, -0.05) is 0 Å². The van der Waals surface area contributed by atoms with Crippen LogP contribution in [0.5, 0.6) is 0 Å². The lowest BCUT2D eigenvalue weighted by atomic mass is 10.1. The number of anilines is 1. The van der Waals surface area contributed by atoms with Crippen molar-refractivity contribution >= 4 is 17.0 Å². The van der Waals surface area contributed by atoms with E-state index < -0.39 is 18.3 Å². The van der Waals surface area contributed by atoms with E-state index in [1.165, 1.54) is 0 Å². The number of nitrogens with two attached hydrogens (primary N) is 1. The molecule has 2 aromatic heterocycles. The highest BCUT2D eigenvalue weighted by molar-refractivity contribution is 5.76. The van der Waals surface area contributed by atoms with Crippen LogP contribution in [0.25, 0.3) is 11.0 Å². The molecule has 0 aromatic carbocycles. The van der Waals surface area contributed by atoms with E-state index >= 15 is 0 Å². The maximum atomic E-state index is 11.7. The summed E-state index contributed by atoms with van der Waals surface area (Å²) in [5.74, 6) is 0.0338. The number of ether oxygens (including phenoxy) is 1. The lowest BCUT2D eigenvalue weighted by molar-refractivity contribution is -0.0234. The van der Waals surface area contributed by atoms with Gasteiger partial charge in [0, 0.05) is 12.1 Å².